The summed E-state index contributed by atoms with van der Waals surface area (Å²) in [7, 11) is 0. The van der Waals surface area contributed by atoms with Gasteiger partial charge in [-0.25, -0.2) is 9.37 Å². The minimum atomic E-state index is -0.506. The van der Waals surface area contributed by atoms with Gasteiger partial charge in [0.2, 0.25) is 5.91 Å². The minimum Gasteiger partial charge on any atom is -0.337 e. The lowest BCUT2D eigenvalue weighted by Crippen LogP contribution is -2.50. The fourth-order valence-corrected chi connectivity index (χ4v) is 3.98. The predicted molar refractivity (Wildman–Crippen MR) is 125 cm³/mol. The molecule has 1 aliphatic rings. The van der Waals surface area contributed by atoms with Crippen LogP contribution in [0.1, 0.15) is 27.1 Å². The number of amides is 3. The molecule has 0 spiro atoms. The van der Waals surface area contributed by atoms with Crippen molar-refractivity contribution in [3.63, 3.8) is 0 Å². The Bertz CT molecular complexity index is 1190. The van der Waals surface area contributed by atoms with Crippen LogP contribution in [0.3, 0.4) is 0 Å². The number of rotatable bonds is 6. The van der Waals surface area contributed by atoms with Crippen LogP contribution in [0.15, 0.2) is 61.2 Å². The van der Waals surface area contributed by atoms with Crippen LogP contribution in [0, 0.1) is 5.82 Å². The number of aromatic nitrogens is 2. The summed E-state index contributed by atoms with van der Waals surface area (Å²) in [6.07, 6.45) is 5.37. The zero-order valence-corrected chi connectivity index (χ0v) is 19.0. The Kier molecular flexibility index (Phi) is 7.22. The molecule has 3 amide bonds. The maximum atomic E-state index is 13.3. The smallest absolute Gasteiger partial charge is 0.255 e. The molecular weight excluding hydrogens is 461 g/mol. The molecule has 3 aromatic rings. The summed E-state index contributed by atoms with van der Waals surface area (Å²) in [5.41, 5.74) is 1.23. The first-order valence-electron chi connectivity index (χ1n) is 10.8. The number of imidazole rings is 1. The zero-order valence-electron chi connectivity index (χ0n) is 18.3. The largest absolute Gasteiger partial charge is 0.337 e. The summed E-state index contributed by atoms with van der Waals surface area (Å²) in [6, 6.07) is 10.5. The number of piperazine rings is 1. The van der Waals surface area contributed by atoms with E-state index >= 15 is 0 Å². The average Bonchev–Trinajstić information content (AvgIpc) is 3.36. The van der Waals surface area contributed by atoms with Crippen molar-refractivity contribution in [1.29, 1.82) is 0 Å². The number of nitrogens with one attached hydrogen (secondary N) is 1. The Morgan fingerprint density at radius 1 is 1.00 bits per heavy atom. The fourth-order valence-electron chi connectivity index (χ4n) is 3.73. The first kappa shape index (κ1) is 23.4. The van der Waals surface area contributed by atoms with Crippen molar-refractivity contribution < 1.29 is 18.8 Å². The molecular formula is C24H23ClFN5O3. The van der Waals surface area contributed by atoms with E-state index in [-0.39, 0.29) is 34.7 Å². The molecule has 10 heteroatoms. The average molecular weight is 484 g/mol. The van der Waals surface area contributed by atoms with E-state index in [4.69, 9.17) is 11.6 Å². The third-order valence-corrected chi connectivity index (χ3v) is 5.88. The van der Waals surface area contributed by atoms with Gasteiger partial charge in [-0.15, -0.1) is 0 Å². The highest BCUT2D eigenvalue weighted by atomic mass is 35.5. The van der Waals surface area contributed by atoms with Crippen molar-refractivity contribution >= 4 is 35.0 Å². The van der Waals surface area contributed by atoms with Crippen LogP contribution >= 0.6 is 11.6 Å². The van der Waals surface area contributed by atoms with E-state index in [1.807, 2.05) is 4.57 Å². The van der Waals surface area contributed by atoms with Crippen molar-refractivity contribution in [3.05, 3.63) is 83.2 Å². The second kappa shape index (κ2) is 10.5. The van der Waals surface area contributed by atoms with Gasteiger partial charge in [0, 0.05) is 62.8 Å². The van der Waals surface area contributed by atoms with Crippen molar-refractivity contribution in [2.45, 2.75) is 13.0 Å². The summed E-state index contributed by atoms with van der Waals surface area (Å²) in [5.74, 6) is -1.14. The maximum absolute atomic E-state index is 13.3. The molecule has 0 unspecified atom stereocenters. The Morgan fingerprint density at radius 2 is 1.74 bits per heavy atom. The zero-order chi connectivity index (χ0) is 24.1. The van der Waals surface area contributed by atoms with E-state index in [9.17, 15) is 18.8 Å². The molecule has 0 radical (unpaired) electrons. The van der Waals surface area contributed by atoms with Gasteiger partial charge in [-0.05, 0) is 36.4 Å². The number of carbonyl (C=O) groups is 3. The summed E-state index contributed by atoms with van der Waals surface area (Å²) < 4.78 is 15.1. The number of nitrogens with zero attached hydrogens (tertiary/aromatic N) is 4. The lowest BCUT2D eigenvalue weighted by Gasteiger charge is -2.35. The molecule has 1 saturated heterocycles. The maximum Gasteiger partial charge on any atom is 0.255 e. The van der Waals surface area contributed by atoms with E-state index in [0.29, 0.717) is 44.0 Å². The van der Waals surface area contributed by atoms with Crippen LogP contribution in [0.4, 0.5) is 10.1 Å². The Hall–Kier alpha value is -3.72. The predicted octanol–water partition coefficient (Wildman–Crippen LogP) is 3.30. The molecule has 0 aliphatic carbocycles. The molecule has 0 saturated carbocycles. The van der Waals surface area contributed by atoms with Crippen LogP contribution in [0.25, 0.3) is 0 Å². The number of anilines is 1. The molecule has 176 valence electrons. The second-order valence-electron chi connectivity index (χ2n) is 7.89. The standard InChI is InChI=1S/C24H23ClFN5O3/c25-21-15-18(26)4-5-20(21)24(34)31-12-10-30(11-13-31)23(33)17-2-1-3-19(14-17)28-22(32)6-8-29-9-7-27-16-29/h1-5,7,9,14-16H,6,8,10-13H2,(H,28,32). The summed E-state index contributed by atoms with van der Waals surface area (Å²) in [6.45, 7) is 1.89. The fraction of sp³-hybridized carbons (Fsp3) is 0.250. The molecule has 2 aromatic carbocycles. The third-order valence-electron chi connectivity index (χ3n) is 5.57. The summed E-state index contributed by atoms with van der Waals surface area (Å²) in [5, 5.41) is 2.88. The molecule has 1 aliphatic heterocycles. The quantitative estimate of drug-likeness (QED) is 0.582. The highest BCUT2D eigenvalue weighted by molar-refractivity contribution is 6.33. The molecule has 34 heavy (non-hydrogen) atoms. The molecule has 1 N–H and O–H groups in total. The Labute approximate surface area is 200 Å². The number of carbonyl (C=O) groups excluding carboxylic acids is 3. The van der Waals surface area contributed by atoms with Gasteiger partial charge in [0.25, 0.3) is 11.8 Å². The third kappa shape index (κ3) is 5.60. The highest BCUT2D eigenvalue weighted by Gasteiger charge is 2.26. The highest BCUT2D eigenvalue weighted by Crippen LogP contribution is 2.21. The SMILES string of the molecule is O=C(CCn1ccnc1)Nc1cccc(C(=O)N2CCN(C(=O)c3ccc(F)cc3Cl)CC2)c1. The monoisotopic (exact) mass is 483 g/mol. The molecule has 0 atom stereocenters. The van der Waals surface area contributed by atoms with Crippen molar-refractivity contribution in [2.24, 2.45) is 0 Å². The topological polar surface area (TPSA) is 87.5 Å². The van der Waals surface area contributed by atoms with E-state index in [0.717, 1.165) is 6.07 Å². The first-order chi connectivity index (χ1) is 16.4. The number of benzene rings is 2. The van der Waals surface area contributed by atoms with Crippen LogP contribution in [0.2, 0.25) is 5.02 Å². The van der Waals surface area contributed by atoms with E-state index < -0.39 is 5.82 Å². The lowest BCUT2D eigenvalue weighted by atomic mass is 10.1. The molecule has 4 rings (SSSR count). The Balaban J connectivity index is 1.32. The van der Waals surface area contributed by atoms with Crippen LogP contribution < -0.4 is 5.32 Å². The van der Waals surface area contributed by atoms with Gasteiger partial charge in [0.05, 0.1) is 16.9 Å². The van der Waals surface area contributed by atoms with Crippen molar-refractivity contribution in [1.82, 2.24) is 19.4 Å². The lowest BCUT2D eigenvalue weighted by molar-refractivity contribution is -0.116. The minimum absolute atomic E-state index is 0.0624. The first-order valence-corrected chi connectivity index (χ1v) is 11.2. The second-order valence-corrected chi connectivity index (χ2v) is 8.30. The molecule has 8 nitrogen and oxygen atoms in total. The number of hydrogen-bond donors (Lipinski definition) is 1. The van der Waals surface area contributed by atoms with Crippen LogP contribution in [-0.2, 0) is 11.3 Å². The number of halogens is 2. The van der Waals surface area contributed by atoms with E-state index in [1.165, 1.54) is 12.1 Å². The van der Waals surface area contributed by atoms with Gasteiger partial charge >= 0.3 is 0 Å². The van der Waals surface area contributed by atoms with Gasteiger partial charge in [0.1, 0.15) is 5.82 Å². The normalized spacial score (nSPS) is 13.6. The summed E-state index contributed by atoms with van der Waals surface area (Å²) >= 11 is 6.01. The van der Waals surface area contributed by atoms with E-state index in [1.54, 1.807) is 52.8 Å². The Morgan fingerprint density at radius 3 is 2.41 bits per heavy atom. The summed E-state index contributed by atoms with van der Waals surface area (Å²) in [4.78, 5) is 45.2. The molecule has 1 fully saturated rings. The van der Waals surface area contributed by atoms with Gasteiger partial charge < -0.3 is 19.7 Å². The van der Waals surface area contributed by atoms with Gasteiger partial charge in [-0.1, -0.05) is 17.7 Å². The van der Waals surface area contributed by atoms with E-state index in [2.05, 4.69) is 10.3 Å². The molecule has 2 heterocycles. The van der Waals surface area contributed by atoms with Gasteiger partial charge in [-0.2, -0.15) is 0 Å². The number of hydrogen-bond acceptors (Lipinski definition) is 4. The van der Waals surface area contributed by atoms with Crippen LogP contribution in [-0.4, -0.2) is 63.3 Å². The van der Waals surface area contributed by atoms with Crippen molar-refractivity contribution in [2.75, 3.05) is 31.5 Å². The van der Waals surface area contributed by atoms with Gasteiger partial charge in [0.15, 0.2) is 0 Å². The molecule has 1 aromatic heterocycles. The van der Waals surface area contributed by atoms with Gasteiger partial charge in [-0.3, -0.25) is 14.4 Å². The number of aryl methyl sites for hydroxylation is 1. The van der Waals surface area contributed by atoms with Crippen LogP contribution in [0.5, 0.6) is 0 Å². The molecule has 0 bridgehead atoms. The van der Waals surface area contributed by atoms with Crippen molar-refractivity contribution in [3.8, 4) is 0 Å².